The average Bonchev–Trinajstić information content (AvgIpc) is 3.05. The number of fused-ring (bicyclic) bond motifs is 1. The summed E-state index contributed by atoms with van der Waals surface area (Å²) in [4.78, 5) is 24.3. The van der Waals surface area contributed by atoms with Crippen molar-refractivity contribution in [2.75, 3.05) is 12.4 Å². The van der Waals surface area contributed by atoms with Gasteiger partial charge in [-0.2, -0.15) is 5.26 Å². The summed E-state index contributed by atoms with van der Waals surface area (Å²) in [7, 11) is 1.31. The third-order valence-corrected chi connectivity index (χ3v) is 4.74. The molecule has 0 aliphatic carbocycles. The molecule has 1 heterocycles. The second-order valence-electron chi connectivity index (χ2n) is 6.05. The number of amides is 1. The number of hydrogen-bond donors (Lipinski definition) is 1. The monoisotopic (exact) mass is 427 g/mol. The Hall–Kier alpha value is -3.27. The van der Waals surface area contributed by atoms with Crippen LogP contribution in [0.5, 0.6) is 0 Å². The Bertz CT molecular complexity index is 1180. The Kier molecular flexibility index (Phi) is 6.23. The maximum absolute atomic E-state index is 12.6. The molecule has 146 valence electrons. The molecule has 0 saturated carbocycles. The molecule has 1 N–H and O–H groups in total. The smallest absolute Gasteiger partial charge is 0.325 e. The summed E-state index contributed by atoms with van der Waals surface area (Å²) in [6.07, 6.45) is 3.16. The largest absolute Gasteiger partial charge is 0.468 e. The third kappa shape index (κ3) is 4.60. The van der Waals surface area contributed by atoms with Gasteiger partial charge in [0.2, 0.25) is 0 Å². The molecule has 3 rings (SSSR count). The standard InChI is InChI=1S/C21H15Cl2N3O3/c1-29-20(27)12-26-11-14(16-4-2-3-5-19(16)26)8-13(10-24)21(28)25-18-7-6-15(22)9-17(18)23/h2-9,11H,12H2,1H3,(H,25,28)/b13-8-. The number of nitriles is 1. The van der Waals surface area contributed by atoms with Crippen molar-refractivity contribution in [2.45, 2.75) is 6.54 Å². The lowest BCUT2D eigenvalue weighted by atomic mass is 10.1. The van der Waals surface area contributed by atoms with E-state index < -0.39 is 11.9 Å². The minimum absolute atomic E-state index is 0.0132. The highest BCUT2D eigenvalue weighted by atomic mass is 35.5. The quantitative estimate of drug-likeness (QED) is 0.364. The van der Waals surface area contributed by atoms with E-state index in [0.29, 0.717) is 16.3 Å². The summed E-state index contributed by atoms with van der Waals surface area (Å²) < 4.78 is 6.43. The first-order valence-corrected chi connectivity index (χ1v) is 9.21. The van der Waals surface area contributed by atoms with E-state index >= 15 is 0 Å². The molecular formula is C21H15Cl2N3O3. The Morgan fingerprint density at radius 2 is 2.00 bits per heavy atom. The number of nitrogens with zero attached hydrogens (tertiary/aromatic N) is 2. The average molecular weight is 428 g/mol. The topological polar surface area (TPSA) is 84.1 Å². The molecule has 1 amide bonds. The van der Waals surface area contributed by atoms with Crippen LogP contribution in [0, 0.1) is 11.3 Å². The Labute approximate surface area is 176 Å². The molecule has 0 saturated heterocycles. The molecule has 29 heavy (non-hydrogen) atoms. The summed E-state index contributed by atoms with van der Waals surface area (Å²) in [5.41, 5.74) is 1.63. The van der Waals surface area contributed by atoms with E-state index in [9.17, 15) is 14.9 Å². The van der Waals surface area contributed by atoms with Crippen LogP contribution in [-0.2, 0) is 20.9 Å². The molecule has 0 radical (unpaired) electrons. The van der Waals surface area contributed by atoms with Crippen LogP contribution in [0.4, 0.5) is 5.69 Å². The van der Waals surface area contributed by atoms with Crippen LogP contribution in [0.15, 0.2) is 54.2 Å². The van der Waals surface area contributed by atoms with Crippen molar-refractivity contribution in [2.24, 2.45) is 0 Å². The Morgan fingerprint density at radius 3 is 2.69 bits per heavy atom. The summed E-state index contributed by atoms with van der Waals surface area (Å²) in [5.74, 6) is -1.02. The molecule has 2 aromatic carbocycles. The van der Waals surface area contributed by atoms with Gasteiger partial charge >= 0.3 is 5.97 Å². The minimum Gasteiger partial charge on any atom is -0.468 e. The van der Waals surface area contributed by atoms with Gasteiger partial charge < -0.3 is 14.6 Å². The zero-order valence-corrected chi connectivity index (χ0v) is 16.8. The van der Waals surface area contributed by atoms with Crippen molar-refractivity contribution >= 4 is 57.7 Å². The number of nitrogens with one attached hydrogen (secondary N) is 1. The molecule has 0 unspecified atom stereocenters. The number of hydrogen-bond acceptors (Lipinski definition) is 4. The molecule has 0 aliphatic heterocycles. The second-order valence-corrected chi connectivity index (χ2v) is 6.90. The fraction of sp³-hybridized carbons (Fsp3) is 0.0952. The lowest BCUT2D eigenvalue weighted by Gasteiger charge is -2.06. The number of anilines is 1. The van der Waals surface area contributed by atoms with Crippen molar-refractivity contribution in [1.29, 1.82) is 5.26 Å². The van der Waals surface area contributed by atoms with E-state index in [2.05, 4.69) is 5.32 Å². The molecule has 0 fully saturated rings. The van der Waals surface area contributed by atoms with Crippen LogP contribution in [0.2, 0.25) is 10.0 Å². The van der Waals surface area contributed by atoms with Gasteiger partial charge in [0.05, 0.1) is 17.8 Å². The number of esters is 1. The lowest BCUT2D eigenvalue weighted by Crippen LogP contribution is -2.13. The van der Waals surface area contributed by atoms with Gasteiger partial charge in [0.15, 0.2) is 0 Å². The molecule has 6 nitrogen and oxygen atoms in total. The minimum atomic E-state index is -0.610. The third-order valence-electron chi connectivity index (χ3n) is 4.19. The van der Waals surface area contributed by atoms with Crippen molar-refractivity contribution in [1.82, 2.24) is 4.57 Å². The van der Waals surface area contributed by atoms with Crippen LogP contribution in [0.3, 0.4) is 0 Å². The number of rotatable bonds is 5. The van der Waals surface area contributed by atoms with Gasteiger partial charge in [0.25, 0.3) is 5.91 Å². The van der Waals surface area contributed by atoms with Gasteiger partial charge in [0.1, 0.15) is 18.2 Å². The first kappa shape index (κ1) is 20.5. The van der Waals surface area contributed by atoms with Crippen LogP contribution >= 0.6 is 23.2 Å². The van der Waals surface area contributed by atoms with Crippen molar-refractivity contribution < 1.29 is 14.3 Å². The van der Waals surface area contributed by atoms with Crippen LogP contribution in [0.1, 0.15) is 5.56 Å². The van der Waals surface area contributed by atoms with E-state index in [1.165, 1.54) is 19.3 Å². The summed E-state index contributed by atoms with van der Waals surface area (Å²) in [6.45, 7) is 0.0132. The predicted octanol–water partition coefficient (Wildman–Crippen LogP) is 4.67. The molecule has 3 aromatic rings. The highest BCUT2D eigenvalue weighted by Crippen LogP contribution is 2.27. The predicted molar refractivity (Wildman–Crippen MR) is 113 cm³/mol. The van der Waals surface area contributed by atoms with E-state index in [-0.39, 0.29) is 17.1 Å². The van der Waals surface area contributed by atoms with Gasteiger partial charge in [0, 0.05) is 27.7 Å². The summed E-state index contributed by atoms with van der Waals surface area (Å²) in [6, 6.07) is 13.9. The normalized spacial score (nSPS) is 11.2. The van der Waals surface area contributed by atoms with Gasteiger partial charge in [-0.25, -0.2) is 0 Å². The van der Waals surface area contributed by atoms with Crippen molar-refractivity contribution in [3.8, 4) is 6.07 Å². The molecular weight excluding hydrogens is 413 g/mol. The van der Waals surface area contributed by atoms with Crippen molar-refractivity contribution in [3.63, 3.8) is 0 Å². The van der Waals surface area contributed by atoms with Crippen molar-refractivity contribution in [3.05, 3.63) is 69.8 Å². The zero-order chi connectivity index (χ0) is 21.0. The van der Waals surface area contributed by atoms with Crippen LogP contribution in [0.25, 0.3) is 17.0 Å². The highest BCUT2D eigenvalue weighted by molar-refractivity contribution is 6.37. The maximum atomic E-state index is 12.6. The maximum Gasteiger partial charge on any atom is 0.325 e. The molecule has 0 spiro atoms. The molecule has 0 aliphatic rings. The van der Waals surface area contributed by atoms with Gasteiger partial charge in [-0.05, 0) is 30.3 Å². The van der Waals surface area contributed by atoms with Gasteiger partial charge in [-0.1, -0.05) is 41.4 Å². The fourth-order valence-electron chi connectivity index (χ4n) is 2.81. The number of ether oxygens (including phenoxy) is 1. The fourth-order valence-corrected chi connectivity index (χ4v) is 3.26. The summed E-state index contributed by atoms with van der Waals surface area (Å²) in [5, 5.41) is 13.6. The SMILES string of the molecule is COC(=O)Cn1cc(/C=C(/C#N)C(=O)Nc2ccc(Cl)cc2Cl)c2ccccc21. The van der Waals surface area contributed by atoms with E-state index in [1.54, 1.807) is 22.9 Å². The molecule has 0 bridgehead atoms. The Balaban J connectivity index is 1.96. The number of halogens is 2. The van der Waals surface area contributed by atoms with Gasteiger partial charge in [-0.15, -0.1) is 0 Å². The number of aromatic nitrogens is 1. The number of carbonyl (C=O) groups is 2. The Morgan fingerprint density at radius 1 is 1.24 bits per heavy atom. The molecule has 0 atom stereocenters. The number of methoxy groups -OCH3 is 1. The first-order chi connectivity index (χ1) is 13.9. The van der Waals surface area contributed by atoms with E-state index in [0.717, 1.165) is 10.9 Å². The first-order valence-electron chi connectivity index (χ1n) is 8.46. The summed E-state index contributed by atoms with van der Waals surface area (Å²) >= 11 is 11.9. The zero-order valence-electron chi connectivity index (χ0n) is 15.3. The number of carbonyl (C=O) groups excluding carboxylic acids is 2. The lowest BCUT2D eigenvalue weighted by molar-refractivity contribution is -0.141. The van der Waals surface area contributed by atoms with Gasteiger partial charge in [-0.3, -0.25) is 9.59 Å². The molecule has 1 aromatic heterocycles. The highest BCUT2D eigenvalue weighted by Gasteiger charge is 2.15. The second kappa shape index (κ2) is 8.82. The number of benzene rings is 2. The van der Waals surface area contributed by atoms with Crippen LogP contribution in [-0.4, -0.2) is 23.6 Å². The van der Waals surface area contributed by atoms with Crippen LogP contribution < -0.4 is 5.32 Å². The van der Waals surface area contributed by atoms with E-state index in [4.69, 9.17) is 27.9 Å². The molecule has 8 heteroatoms. The number of para-hydroxylation sites is 1. The van der Waals surface area contributed by atoms with E-state index in [1.807, 2.05) is 30.3 Å².